The number of rotatable bonds is 4. The van der Waals surface area contributed by atoms with Crippen molar-refractivity contribution >= 4 is 23.1 Å². The third-order valence-electron chi connectivity index (χ3n) is 1.84. The molecule has 1 aliphatic rings. The second-order valence-corrected chi connectivity index (χ2v) is 3.88. The van der Waals surface area contributed by atoms with Crippen LogP contribution in [-0.2, 0) is 4.79 Å². The standard InChI is InChI=1S/C8H14N2OS/c1-5(4-7(9)12)10-8(11)6-2-3-6/h5-6H,2-4H2,1H3,(H2,9,12)(H,10,11). The molecule has 1 aliphatic carbocycles. The second kappa shape index (κ2) is 3.85. The number of carbonyl (C=O) groups is 1. The molecular weight excluding hydrogens is 172 g/mol. The van der Waals surface area contributed by atoms with Crippen molar-refractivity contribution in [2.75, 3.05) is 0 Å². The molecule has 1 rings (SSSR count). The molecule has 0 saturated heterocycles. The van der Waals surface area contributed by atoms with Gasteiger partial charge in [0.2, 0.25) is 5.91 Å². The maximum Gasteiger partial charge on any atom is 0.223 e. The Morgan fingerprint density at radius 1 is 1.75 bits per heavy atom. The molecule has 1 atom stereocenters. The number of nitrogens with one attached hydrogen (secondary N) is 1. The van der Waals surface area contributed by atoms with Gasteiger partial charge in [-0.05, 0) is 19.8 Å². The van der Waals surface area contributed by atoms with Gasteiger partial charge in [0.1, 0.15) is 0 Å². The van der Waals surface area contributed by atoms with Gasteiger partial charge in [-0.25, -0.2) is 0 Å². The molecule has 3 nitrogen and oxygen atoms in total. The summed E-state index contributed by atoms with van der Waals surface area (Å²) in [5, 5.41) is 2.87. The zero-order chi connectivity index (χ0) is 9.14. The highest BCUT2D eigenvalue weighted by Gasteiger charge is 2.30. The number of hydrogen-bond donors (Lipinski definition) is 2. The Kier molecular flexibility index (Phi) is 3.03. The minimum Gasteiger partial charge on any atom is -0.393 e. The van der Waals surface area contributed by atoms with Crippen molar-refractivity contribution in [1.29, 1.82) is 0 Å². The largest absolute Gasteiger partial charge is 0.393 e. The van der Waals surface area contributed by atoms with Crippen molar-refractivity contribution in [3.05, 3.63) is 0 Å². The monoisotopic (exact) mass is 186 g/mol. The molecule has 0 aromatic rings. The smallest absolute Gasteiger partial charge is 0.223 e. The molecule has 1 saturated carbocycles. The van der Waals surface area contributed by atoms with Crippen LogP contribution < -0.4 is 11.1 Å². The van der Waals surface area contributed by atoms with Crippen LogP contribution in [0.25, 0.3) is 0 Å². The quantitative estimate of drug-likeness (QED) is 0.631. The van der Waals surface area contributed by atoms with E-state index < -0.39 is 0 Å². The van der Waals surface area contributed by atoms with E-state index in [0.717, 1.165) is 12.8 Å². The average Bonchev–Trinajstić information content (AvgIpc) is 2.63. The van der Waals surface area contributed by atoms with Crippen LogP contribution in [0.1, 0.15) is 26.2 Å². The fourth-order valence-electron chi connectivity index (χ4n) is 1.06. The van der Waals surface area contributed by atoms with Gasteiger partial charge in [0, 0.05) is 18.4 Å². The van der Waals surface area contributed by atoms with Crippen molar-refractivity contribution in [2.45, 2.75) is 32.2 Å². The molecular formula is C8H14N2OS. The average molecular weight is 186 g/mol. The van der Waals surface area contributed by atoms with Crippen LogP contribution in [0.15, 0.2) is 0 Å². The normalized spacial score (nSPS) is 18.4. The lowest BCUT2D eigenvalue weighted by atomic mass is 10.2. The molecule has 0 radical (unpaired) electrons. The zero-order valence-corrected chi connectivity index (χ0v) is 7.99. The first-order valence-electron chi connectivity index (χ1n) is 4.18. The van der Waals surface area contributed by atoms with E-state index in [4.69, 9.17) is 18.0 Å². The third kappa shape index (κ3) is 3.17. The number of carbonyl (C=O) groups excluding carboxylic acids is 1. The summed E-state index contributed by atoms with van der Waals surface area (Å²) >= 11 is 4.73. The van der Waals surface area contributed by atoms with E-state index in [2.05, 4.69) is 5.32 Å². The number of thiocarbonyl (C=S) groups is 1. The minimum atomic E-state index is 0.0793. The molecule has 1 amide bonds. The van der Waals surface area contributed by atoms with Crippen molar-refractivity contribution in [2.24, 2.45) is 11.7 Å². The highest BCUT2D eigenvalue weighted by atomic mass is 32.1. The van der Waals surface area contributed by atoms with Crippen molar-refractivity contribution in [3.63, 3.8) is 0 Å². The topological polar surface area (TPSA) is 55.1 Å². The second-order valence-electron chi connectivity index (χ2n) is 3.35. The Morgan fingerprint density at radius 2 is 2.33 bits per heavy atom. The first kappa shape index (κ1) is 9.45. The lowest BCUT2D eigenvalue weighted by Gasteiger charge is -2.11. The first-order valence-corrected chi connectivity index (χ1v) is 4.59. The third-order valence-corrected chi connectivity index (χ3v) is 2.01. The molecule has 3 N–H and O–H groups in total. The number of hydrogen-bond acceptors (Lipinski definition) is 2. The maximum atomic E-state index is 11.2. The van der Waals surface area contributed by atoms with Gasteiger partial charge in [-0.2, -0.15) is 0 Å². The van der Waals surface area contributed by atoms with E-state index in [1.807, 2.05) is 6.92 Å². The molecule has 4 heteroatoms. The van der Waals surface area contributed by atoms with Gasteiger partial charge in [-0.15, -0.1) is 0 Å². The molecule has 68 valence electrons. The van der Waals surface area contributed by atoms with Crippen LogP contribution in [0, 0.1) is 5.92 Å². The summed E-state index contributed by atoms with van der Waals surface area (Å²) < 4.78 is 0. The Morgan fingerprint density at radius 3 is 2.75 bits per heavy atom. The highest BCUT2D eigenvalue weighted by Crippen LogP contribution is 2.28. The summed E-state index contributed by atoms with van der Waals surface area (Å²) in [5.41, 5.74) is 5.34. The predicted octanol–water partition coefficient (Wildman–Crippen LogP) is 0.577. The molecule has 0 spiro atoms. The summed E-state index contributed by atoms with van der Waals surface area (Å²) in [5.74, 6) is 0.414. The predicted molar refractivity (Wildman–Crippen MR) is 51.7 cm³/mol. The molecule has 0 aromatic carbocycles. The van der Waals surface area contributed by atoms with E-state index >= 15 is 0 Å². The molecule has 0 aromatic heterocycles. The van der Waals surface area contributed by atoms with Gasteiger partial charge in [-0.3, -0.25) is 4.79 Å². The van der Waals surface area contributed by atoms with Gasteiger partial charge in [-0.1, -0.05) is 12.2 Å². The van der Waals surface area contributed by atoms with Crippen LogP contribution >= 0.6 is 12.2 Å². The summed E-state index contributed by atoms with van der Waals surface area (Å²) in [7, 11) is 0. The molecule has 0 bridgehead atoms. The Hall–Kier alpha value is -0.640. The maximum absolute atomic E-state index is 11.2. The van der Waals surface area contributed by atoms with E-state index in [9.17, 15) is 4.79 Å². The van der Waals surface area contributed by atoms with Gasteiger partial charge in [0.05, 0.1) is 4.99 Å². The molecule has 12 heavy (non-hydrogen) atoms. The van der Waals surface area contributed by atoms with Crippen molar-refractivity contribution < 1.29 is 4.79 Å². The Bertz CT molecular complexity index is 201. The lowest BCUT2D eigenvalue weighted by molar-refractivity contribution is -0.122. The van der Waals surface area contributed by atoms with Gasteiger partial charge in [0.15, 0.2) is 0 Å². The van der Waals surface area contributed by atoms with E-state index in [-0.39, 0.29) is 17.9 Å². The van der Waals surface area contributed by atoms with Gasteiger partial charge >= 0.3 is 0 Å². The van der Waals surface area contributed by atoms with E-state index in [1.165, 1.54) is 0 Å². The van der Waals surface area contributed by atoms with Crippen LogP contribution in [0.4, 0.5) is 0 Å². The van der Waals surface area contributed by atoms with Crippen LogP contribution in [-0.4, -0.2) is 16.9 Å². The fourth-order valence-corrected chi connectivity index (χ4v) is 1.31. The van der Waals surface area contributed by atoms with Gasteiger partial charge < -0.3 is 11.1 Å². The van der Waals surface area contributed by atoms with Crippen molar-refractivity contribution in [3.8, 4) is 0 Å². The first-order chi connectivity index (χ1) is 5.59. The summed E-state index contributed by atoms with van der Waals surface area (Å²) in [4.78, 5) is 11.7. The number of amides is 1. The zero-order valence-electron chi connectivity index (χ0n) is 7.17. The SMILES string of the molecule is CC(CC(N)=S)NC(=O)C1CC1. The summed E-state index contributed by atoms with van der Waals surface area (Å²) in [6, 6.07) is 0.0793. The molecule has 0 aliphatic heterocycles. The molecule has 1 fully saturated rings. The highest BCUT2D eigenvalue weighted by molar-refractivity contribution is 7.80. The minimum absolute atomic E-state index is 0.0793. The lowest BCUT2D eigenvalue weighted by Crippen LogP contribution is -2.36. The van der Waals surface area contributed by atoms with Crippen LogP contribution in [0.2, 0.25) is 0 Å². The van der Waals surface area contributed by atoms with Crippen LogP contribution in [0.5, 0.6) is 0 Å². The molecule has 0 heterocycles. The van der Waals surface area contributed by atoms with E-state index in [1.54, 1.807) is 0 Å². The Labute approximate surface area is 77.7 Å². The molecule has 1 unspecified atom stereocenters. The van der Waals surface area contributed by atoms with Crippen molar-refractivity contribution in [1.82, 2.24) is 5.32 Å². The summed E-state index contributed by atoms with van der Waals surface area (Å²) in [6.45, 7) is 1.92. The Balaban J connectivity index is 2.20. The van der Waals surface area contributed by atoms with E-state index in [0.29, 0.717) is 11.4 Å². The van der Waals surface area contributed by atoms with Crippen LogP contribution in [0.3, 0.4) is 0 Å². The number of nitrogens with two attached hydrogens (primary N) is 1. The van der Waals surface area contributed by atoms with Gasteiger partial charge in [0.25, 0.3) is 0 Å². The summed E-state index contributed by atoms with van der Waals surface area (Å²) in [6.07, 6.45) is 2.66. The fraction of sp³-hybridized carbons (Fsp3) is 0.750.